The summed E-state index contributed by atoms with van der Waals surface area (Å²) in [5.74, 6) is 1.17. The molecule has 1 N–H and O–H groups in total. The summed E-state index contributed by atoms with van der Waals surface area (Å²) in [7, 11) is 1.87. The molecule has 0 aromatic heterocycles. The summed E-state index contributed by atoms with van der Waals surface area (Å²) in [6, 6.07) is 10.2. The fourth-order valence-electron chi connectivity index (χ4n) is 1.89. The number of aryl methyl sites for hydroxylation is 1. The lowest BCUT2D eigenvalue weighted by molar-refractivity contribution is -0.384. The summed E-state index contributed by atoms with van der Waals surface area (Å²) in [5, 5.41) is 13.9. The third-order valence-electron chi connectivity index (χ3n) is 2.98. The van der Waals surface area contributed by atoms with Crippen LogP contribution in [0.5, 0.6) is 11.5 Å². The van der Waals surface area contributed by atoms with E-state index in [2.05, 4.69) is 5.32 Å². The first-order chi connectivity index (χ1) is 10.0. The summed E-state index contributed by atoms with van der Waals surface area (Å²) in [6.45, 7) is 2.67. The molecule has 21 heavy (non-hydrogen) atoms. The number of hydrogen-bond donors (Lipinski definition) is 1. The molecule has 0 radical (unpaired) electrons. The average Bonchev–Trinajstić information content (AvgIpc) is 2.42. The van der Waals surface area contributed by atoms with E-state index >= 15 is 0 Å². The summed E-state index contributed by atoms with van der Waals surface area (Å²) in [4.78, 5) is 10.2. The molecule has 0 fully saturated rings. The van der Waals surface area contributed by atoms with Crippen molar-refractivity contribution < 1.29 is 9.66 Å². The highest BCUT2D eigenvalue weighted by Crippen LogP contribution is 2.32. The first-order valence-electron chi connectivity index (χ1n) is 6.37. The zero-order valence-corrected chi connectivity index (χ0v) is 12.5. The van der Waals surface area contributed by atoms with E-state index in [0.717, 1.165) is 17.7 Å². The van der Waals surface area contributed by atoms with E-state index in [-0.39, 0.29) is 10.7 Å². The van der Waals surface area contributed by atoms with Crippen LogP contribution in [0.1, 0.15) is 11.1 Å². The van der Waals surface area contributed by atoms with Crippen molar-refractivity contribution >= 4 is 17.3 Å². The van der Waals surface area contributed by atoms with Gasteiger partial charge in [-0.3, -0.25) is 10.1 Å². The van der Waals surface area contributed by atoms with E-state index in [1.807, 2.05) is 32.2 Å². The number of halogens is 1. The van der Waals surface area contributed by atoms with E-state index in [1.165, 1.54) is 18.2 Å². The Kier molecular flexibility index (Phi) is 4.77. The Hall–Kier alpha value is -2.11. The molecule has 0 spiro atoms. The van der Waals surface area contributed by atoms with Crippen molar-refractivity contribution in [3.63, 3.8) is 0 Å². The Labute approximate surface area is 127 Å². The van der Waals surface area contributed by atoms with Crippen LogP contribution in [0.15, 0.2) is 36.4 Å². The lowest BCUT2D eigenvalue weighted by Crippen LogP contribution is -2.05. The van der Waals surface area contributed by atoms with Crippen LogP contribution in [0, 0.1) is 17.0 Å². The van der Waals surface area contributed by atoms with Crippen LogP contribution in [0.25, 0.3) is 0 Å². The van der Waals surface area contributed by atoms with E-state index < -0.39 is 4.92 Å². The standard InChI is InChI=1S/C15H15ClN2O3/c1-10-3-4-11(9-17-2)7-15(10)21-12-5-6-14(18(19)20)13(16)8-12/h3-8,17H,9H2,1-2H3. The molecule has 0 unspecified atom stereocenters. The van der Waals surface area contributed by atoms with E-state index in [0.29, 0.717) is 11.5 Å². The zero-order chi connectivity index (χ0) is 15.4. The van der Waals surface area contributed by atoms with E-state index in [1.54, 1.807) is 0 Å². The quantitative estimate of drug-likeness (QED) is 0.668. The van der Waals surface area contributed by atoms with Gasteiger partial charge in [0.15, 0.2) is 0 Å². The molecule has 2 rings (SSSR count). The largest absolute Gasteiger partial charge is 0.457 e. The number of nitrogens with zero attached hydrogens (tertiary/aromatic N) is 1. The van der Waals surface area contributed by atoms with Crippen LogP contribution < -0.4 is 10.1 Å². The molecule has 0 saturated carbocycles. The molecule has 0 atom stereocenters. The number of hydrogen-bond acceptors (Lipinski definition) is 4. The maximum absolute atomic E-state index is 10.7. The highest BCUT2D eigenvalue weighted by Gasteiger charge is 2.13. The molecule has 0 saturated heterocycles. The molecule has 2 aromatic carbocycles. The van der Waals surface area contributed by atoms with E-state index in [4.69, 9.17) is 16.3 Å². The van der Waals surface area contributed by atoms with Gasteiger partial charge in [-0.1, -0.05) is 23.7 Å². The Morgan fingerprint density at radius 2 is 2.05 bits per heavy atom. The normalized spacial score (nSPS) is 10.4. The second-order valence-corrected chi connectivity index (χ2v) is 5.01. The molecule has 0 bridgehead atoms. The second kappa shape index (κ2) is 6.56. The van der Waals surface area contributed by atoms with Crippen molar-refractivity contribution in [2.24, 2.45) is 0 Å². The highest BCUT2D eigenvalue weighted by molar-refractivity contribution is 6.32. The Morgan fingerprint density at radius 3 is 2.67 bits per heavy atom. The van der Waals surface area contributed by atoms with Gasteiger partial charge in [-0.2, -0.15) is 0 Å². The van der Waals surface area contributed by atoms with E-state index in [9.17, 15) is 10.1 Å². The molecule has 0 amide bonds. The van der Waals surface area contributed by atoms with Crippen LogP contribution in [0.3, 0.4) is 0 Å². The van der Waals surface area contributed by atoms with Crippen molar-refractivity contribution in [3.05, 3.63) is 62.7 Å². The minimum atomic E-state index is -0.523. The smallest absolute Gasteiger partial charge is 0.288 e. The highest BCUT2D eigenvalue weighted by atomic mass is 35.5. The molecule has 0 aliphatic carbocycles. The Bertz CT molecular complexity index is 674. The SMILES string of the molecule is CNCc1ccc(C)c(Oc2ccc([N+](=O)[O-])c(Cl)c2)c1. The zero-order valence-electron chi connectivity index (χ0n) is 11.7. The van der Waals surface area contributed by atoms with Gasteiger partial charge in [0.2, 0.25) is 0 Å². The van der Waals surface area contributed by atoms with Gasteiger partial charge in [0, 0.05) is 18.7 Å². The minimum Gasteiger partial charge on any atom is -0.457 e. The van der Waals surface area contributed by atoms with Gasteiger partial charge in [-0.05, 0) is 37.2 Å². The molecular weight excluding hydrogens is 292 g/mol. The minimum absolute atomic E-state index is 0.0570. The molecule has 5 nitrogen and oxygen atoms in total. The summed E-state index contributed by atoms with van der Waals surface area (Å²) in [6.07, 6.45) is 0. The third kappa shape index (κ3) is 3.71. The van der Waals surface area contributed by atoms with Crippen LogP contribution >= 0.6 is 11.6 Å². The number of rotatable bonds is 5. The predicted octanol–water partition coefficient (Wildman–Crippen LogP) is 4.07. The monoisotopic (exact) mass is 306 g/mol. The van der Waals surface area contributed by atoms with Crippen LogP contribution in [0.4, 0.5) is 5.69 Å². The summed E-state index contributed by atoms with van der Waals surface area (Å²) >= 11 is 5.88. The fourth-order valence-corrected chi connectivity index (χ4v) is 2.13. The van der Waals surface area contributed by atoms with Crippen molar-refractivity contribution in [1.29, 1.82) is 0 Å². The van der Waals surface area contributed by atoms with Gasteiger partial charge in [-0.25, -0.2) is 0 Å². The first-order valence-corrected chi connectivity index (χ1v) is 6.75. The predicted molar refractivity (Wildman–Crippen MR) is 82.1 cm³/mol. The molecule has 0 aliphatic rings. The second-order valence-electron chi connectivity index (χ2n) is 4.60. The molecule has 0 heterocycles. The number of nitro groups is 1. The molecule has 6 heteroatoms. The van der Waals surface area contributed by atoms with Crippen molar-refractivity contribution in [1.82, 2.24) is 5.32 Å². The van der Waals surface area contributed by atoms with Gasteiger partial charge < -0.3 is 10.1 Å². The Morgan fingerprint density at radius 1 is 1.29 bits per heavy atom. The maximum atomic E-state index is 10.7. The van der Waals surface area contributed by atoms with Gasteiger partial charge in [0.05, 0.1) is 4.92 Å². The molecule has 2 aromatic rings. The first kappa shape index (κ1) is 15.3. The van der Waals surface area contributed by atoms with Gasteiger partial charge in [-0.15, -0.1) is 0 Å². The Balaban J connectivity index is 2.27. The van der Waals surface area contributed by atoms with Gasteiger partial charge in [0.25, 0.3) is 5.69 Å². The fraction of sp³-hybridized carbons (Fsp3) is 0.200. The van der Waals surface area contributed by atoms with Crippen LogP contribution in [0.2, 0.25) is 5.02 Å². The molecular formula is C15H15ClN2O3. The lowest BCUT2D eigenvalue weighted by Gasteiger charge is -2.11. The summed E-state index contributed by atoms with van der Waals surface area (Å²) < 4.78 is 5.78. The number of nitro benzene ring substituents is 1. The van der Waals surface area contributed by atoms with Crippen molar-refractivity contribution in [3.8, 4) is 11.5 Å². The van der Waals surface area contributed by atoms with Gasteiger partial charge in [0.1, 0.15) is 16.5 Å². The lowest BCUT2D eigenvalue weighted by atomic mass is 10.1. The van der Waals surface area contributed by atoms with Gasteiger partial charge >= 0.3 is 0 Å². The number of nitrogens with one attached hydrogen (secondary N) is 1. The topological polar surface area (TPSA) is 64.4 Å². The number of benzene rings is 2. The average molecular weight is 307 g/mol. The van der Waals surface area contributed by atoms with Crippen LogP contribution in [-0.4, -0.2) is 12.0 Å². The van der Waals surface area contributed by atoms with Crippen LogP contribution in [-0.2, 0) is 6.54 Å². The molecule has 0 aliphatic heterocycles. The summed E-state index contributed by atoms with van der Waals surface area (Å²) in [5.41, 5.74) is 1.93. The maximum Gasteiger partial charge on any atom is 0.288 e. The third-order valence-corrected chi connectivity index (χ3v) is 3.28. The molecule has 110 valence electrons. The van der Waals surface area contributed by atoms with Crippen molar-refractivity contribution in [2.75, 3.05) is 7.05 Å². The number of ether oxygens (including phenoxy) is 1. The van der Waals surface area contributed by atoms with Crippen molar-refractivity contribution in [2.45, 2.75) is 13.5 Å².